The summed E-state index contributed by atoms with van der Waals surface area (Å²) in [5, 5.41) is 25.3. The summed E-state index contributed by atoms with van der Waals surface area (Å²) in [6, 6.07) is 14.1. The molecule has 4 heterocycles. The molecule has 2 amide bonds. The zero-order chi connectivity index (χ0) is 21.0. The van der Waals surface area contributed by atoms with Crippen LogP contribution in [-0.2, 0) is 15.0 Å². The number of anilines is 1. The topological polar surface area (TPSA) is 136 Å². The fraction of sp³-hybridized carbons (Fsp3) is 0.143. The number of aromatic nitrogens is 3. The molecule has 2 aromatic heterocycles. The molecule has 9 nitrogen and oxygen atoms in total. The number of ether oxygens (including phenoxy) is 1. The fourth-order valence-electron chi connectivity index (χ4n) is 4.36. The first-order valence-electron chi connectivity index (χ1n) is 9.12. The number of carbonyl (C=O) groups excluding carboxylic acids is 2. The molecule has 0 saturated heterocycles. The van der Waals surface area contributed by atoms with Crippen molar-refractivity contribution >= 4 is 23.4 Å². The first-order chi connectivity index (χ1) is 14.5. The Kier molecular flexibility index (Phi) is 3.60. The largest absolute Gasteiger partial charge is 0.422 e. The van der Waals surface area contributed by atoms with Crippen LogP contribution < -0.4 is 9.64 Å². The molecule has 2 aliphatic heterocycles. The molecule has 0 aliphatic carbocycles. The Morgan fingerprint density at radius 2 is 2.07 bits per heavy atom. The van der Waals surface area contributed by atoms with Gasteiger partial charge in [-0.2, -0.15) is 5.26 Å². The van der Waals surface area contributed by atoms with Gasteiger partial charge in [0, 0.05) is 13.1 Å². The van der Waals surface area contributed by atoms with Crippen LogP contribution in [0.2, 0.25) is 0 Å². The van der Waals surface area contributed by atoms with Crippen molar-refractivity contribution in [2.75, 3.05) is 4.90 Å². The number of amides is 2. The molecule has 0 saturated carbocycles. The first kappa shape index (κ1) is 17.8. The molecule has 0 fully saturated rings. The smallest absolute Gasteiger partial charge is 0.251 e. The van der Waals surface area contributed by atoms with Crippen LogP contribution in [0.4, 0.5) is 5.69 Å². The maximum atomic E-state index is 13.9. The summed E-state index contributed by atoms with van der Waals surface area (Å²) >= 11 is 0. The van der Waals surface area contributed by atoms with Crippen molar-refractivity contribution in [1.82, 2.24) is 15.2 Å². The van der Waals surface area contributed by atoms with Crippen LogP contribution in [0.3, 0.4) is 0 Å². The minimum atomic E-state index is -1.67. The third kappa shape index (κ3) is 2.02. The molecule has 1 spiro atoms. The average Bonchev–Trinajstić information content (AvgIpc) is 3.27. The fourth-order valence-corrected chi connectivity index (χ4v) is 4.36. The molecular formula is C21H14N6O3. The van der Waals surface area contributed by atoms with Crippen LogP contribution in [0.15, 0.2) is 48.7 Å². The van der Waals surface area contributed by atoms with Crippen molar-refractivity contribution in [1.29, 1.82) is 10.7 Å². The molecule has 2 aliphatic rings. The van der Waals surface area contributed by atoms with Crippen molar-refractivity contribution < 1.29 is 14.3 Å². The van der Waals surface area contributed by atoms with Crippen molar-refractivity contribution in [3.8, 4) is 23.3 Å². The Morgan fingerprint density at radius 1 is 1.30 bits per heavy atom. The van der Waals surface area contributed by atoms with E-state index in [4.69, 9.17) is 10.1 Å². The van der Waals surface area contributed by atoms with E-state index in [-0.39, 0.29) is 5.88 Å². The molecule has 9 heteroatoms. The minimum Gasteiger partial charge on any atom is -0.422 e. The van der Waals surface area contributed by atoms with Gasteiger partial charge in [-0.3, -0.25) is 25.1 Å². The number of H-pyrrole nitrogens is 1. The van der Waals surface area contributed by atoms with Gasteiger partial charge in [0.2, 0.25) is 17.7 Å². The number of aromatic amines is 1. The second-order valence-corrected chi connectivity index (χ2v) is 7.01. The number of imide groups is 1. The van der Waals surface area contributed by atoms with Gasteiger partial charge in [0.15, 0.2) is 0 Å². The van der Waals surface area contributed by atoms with Gasteiger partial charge in [-0.25, -0.2) is 4.90 Å². The zero-order valence-electron chi connectivity index (χ0n) is 15.7. The molecule has 2 unspecified atom stereocenters. The lowest BCUT2D eigenvalue weighted by molar-refractivity contribution is -0.127. The minimum absolute atomic E-state index is 0.0145. The number of hydrogen-bond donors (Lipinski definition) is 2. The standard InChI is InChI=1S/C21H14N6O3/c1-11(28)27-15-8-3-2-6-12(15)21(20(27)29)13(10-22)18(23)30-19-16(21)17(25-26-19)14-7-4-5-9-24-14/h2-9,13,23H,1H3,(H,25,26). The van der Waals surface area contributed by atoms with Gasteiger partial charge in [0.25, 0.3) is 5.91 Å². The number of nitriles is 1. The molecule has 5 rings (SSSR count). The van der Waals surface area contributed by atoms with E-state index in [1.165, 1.54) is 6.92 Å². The number of benzene rings is 1. The van der Waals surface area contributed by atoms with Crippen molar-refractivity contribution in [2.45, 2.75) is 12.3 Å². The number of fused-ring (bicyclic) bond motifs is 4. The quantitative estimate of drug-likeness (QED) is 0.645. The highest BCUT2D eigenvalue weighted by atomic mass is 16.5. The van der Waals surface area contributed by atoms with Crippen LogP contribution in [0.5, 0.6) is 5.88 Å². The summed E-state index contributed by atoms with van der Waals surface area (Å²) in [7, 11) is 0. The highest BCUT2D eigenvalue weighted by Gasteiger charge is 2.64. The lowest BCUT2D eigenvalue weighted by atomic mass is 9.65. The van der Waals surface area contributed by atoms with Gasteiger partial charge in [-0.15, -0.1) is 5.10 Å². The van der Waals surface area contributed by atoms with E-state index in [0.29, 0.717) is 28.2 Å². The van der Waals surface area contributed by atoms with Crippen molar-refractivity contribution in [3.05, 3.63) is 59.8 Å². The normalized spacial score (nSPS) is 21.7. The number of nitrogens with zero attached hydrogens (tertiary/aromatic N) is 4. The van der Waals surface area contributed by atoms with Gasteiger partial charge in [0.1, 0.15) is 11.3 Å². The number of rotatable bonds is 1. The van der Waals surface area contributed by atoms with Crippen molar-refractivity contribution in [3.63, 3.8) is 0 Å². The predicted octanol–water partition coefficient (Wildman–Crippen LogP) is 2.16. The van der Waals surface area contributed by atoms with E-state index >= 15 is 0 Å². The second-order valence-electron chi connectivity index (χ2n) is 7.01. The number of hydrogen-bond acceptors (Lipinski definition) is 7. The molecule has 2 N–H and O–H groups in total. The average molecular weight is 398 g/mol. The maximum absolute atomic E-state index is 13.9. The lowest BCUT2D eigenvalue weighted by Gasteiger charge is -2.36. The van der Waals surface area contributed by atoms with Gasteiger partial charge < -0.3 is 4.74 Å². The highest BCUT2D eigenvalue weighted by Crippen LogP contribution is 2.56. The van der Waals surface area contributed by atoms with Crippen molar-refractivity contribution in [2.24, 2.45) is 5.92 Å². The monoisotopic (exact) mass is 398 g/mol. The molecule has 0 radical (unpaired) electrons. The molecule has 3 aromatic rings. The van der Waals surface area contributed by atoms with E-state index in [1.807, 2.05) is 0 Å². The van der Waals surface area contributed by atoms with E-state index in [1.54, 1.807) is 48.7 Å². The third-order valence-corrected chi connectivity index (χ3v) is 5.50. The van der Waals surface area contributed by atoms with E-state index in [2.05, 4.69) is 21.3 Å². The summed E-state index contributed by atoms with van der Waals surface area (Å²) < 4.78 is 5.52. The second kappa shape index (κ2) is 6.09. The van der Waals surface area contributed by atoms with Crippen LogP contribution in [-0.4, -0.2) is 32.9 Å². The zero-order valence-corrected chi connectivity index (χ0v) is 15.7. The molecule has 2 atom stereocenters. The molecule has 146 valence electrons. The predicted molar refractivity (Wildman–Crippen MR) is 105 cm³/mol. The van der Waals surface area contributed by atoms with Gasteiger partial charge in [-0.1, -0.05) is 24.3 Å². The first-order valence-corrected chi connectivity index (χ1v) is 9.12. The third-order valence-electron chi connectivity index (χ3n) is 5.50. The van der Waals surface area contributed by atoms with Crippen LogP contribution in [0, 0.1) is 22.7 Å². The van der Waals surface area contributed by atoms with Gasteiger partial charge in [-0.05, 0) is 23.8 Å². The highest BCUT2D eigenvalue weighted by molar-refractivity contribution is 6.25. The van der Waals surface area contributed by atoms with E-state index in [0.717, 1.165) is 4.90 Å². The van der Waals surface area contributed by atoms with Gasteiger partial charge >= 0.3 is 0 Å². The molecule has 1 aromatic carbocycles. The maximum Gasteiger partial charge on any atom is 0.251 e. The van der Waals surface area contributed by atoms with E-state index in [9.17, 15) is 14.9 Å². The lowest BCUT2D eigenvalue weighted by Crippen LogP contribution is -2.53. The summed E-state index contributed by atoms with van der Waals surface area (Å²) in [6.07, 6.45) is 1.59. The van der Waals surface area contributed by atoms with Crippen LogP contribution in [0.1, 0.15) is 18.1 Å². The Morgan fingerprint density at radius 3 is 2.77 bits per heavy atom. The Bertz CT molecular complexity index is 1280. The summed E-state index contributed by atoms with van der Waals surface area (Å²) in [5.41, 5.74) is 0.345. The molecule has 30 heavy (non-hydrogen) atoms. The number of nitrogens with one attached hydrogen (secondary N) is 2. The molecule has 0 bridgehead atoms. The number of carbonyl (C=O) groups is 2. The van der Waals surface area contributed by atoms with Crippen LogP contribution in [0.25, 0.3) is 11.4 Å². The Balaban J connectivity index is 1.92. The Hall–Kier alpha value is -4.32. The van der Waals surface area contributed by atoms with Gasteiger partial charge in [0.05, 0.1) is 28.7 Å². The SMILES string of the molecule is CC(=O)N1C(=O)C2(c3ccccc31)c1c(n[nH]c1-c1ccccn1)OC(=N)C2C#N. The molecular weight excluding hydrogens is 384 g/mol. The van der Waals surface area contributed by atoms with Crippen LogP contribution >= 0.6 is 0 Å². The number of pyridine rings is 1. The summed E-state index contributed by atoms with van der Waals surface area (Å²) in [6.45, 7) is 1.29. The summed E-state index contributed by atoms with van der Waals surface area (Å²) in [5.74, 6) is -2.78. The van der Waals surface area contributed by atoms with E-state index < -0.39 is 29.0 Å². The summed E-state index contributed by atoms with van der Waals surface area (Å²) in [4.78, 5) is 31.7. The Labute approximate surface area is 170 Å². The number of para-hydroxylation sites is 1.